The molecule has 0 aliphatic heterocycles. The van der Waals surface area contributed by atoms with Crippen LogP contribution in [-0.2, 0) is 0 Å². The lowest BCUT2D eigenvalue weighted by atomic mass is 10.2. The Hall–Kier alpha value is -3.11. The average Bonchev–Trinajstić information content (AvgIpc) is 2.68. The molecule has 0 saturated carbocycles. The number of hydrogen-bond acceptors (Lipinski definition) is 4. The van der Waals surface area contributed by atoms with Gasteiger partial charge in [-0.2, -0.15) is 0 Å². The van der Waals surface area contributed by atoms with Crippen LogP contribution in [0.4, 0.5) is 5.69 Å². The highest BCUT2D eigenvalue weighted by atomic mass is 35.5. The maximum atomic E-state index is 12.2. The van der Waals surface area contributed by atoms with Crippen LogP contribution in [0.1, 0.15) is 22.8 Å². The minimum Gasteiger partial charge on any atom is -0.494 e. The summed E-state index contributed by atoms with van der Waals surface area (Å²) < 4.78 is 10.7. The number of ether oxygens (including phenoxy) is 2. The summed E-state index contributed by atoms with van der Waals surface area (Å²) in [6.45, 7) is 2.59. The molecule has 0 saturated heterocycles. The molecule has 0 aliphatic carbocycles. The molecule has 0 fully saturated rings. The SMILES string of the molecule is CCOc1ccc(C=Nc2ccc(C(=O)Oc3cccc(Cl)c3)cc2)cc1. The van der Waals surface area contributed by atoms with Gasteiger partial charge >= 0.3 is 5.97 Å². The Morgan fingerprint density at radius 1 is 1.00 bits per heavy atom. The molecule has 0 atom stereocenters. The summed E-state index contributed by atoms with van der Waals surface area (Å²) in [4.78, 5) is 16.6. The van der Waals surface area contributed by atoms with Gasteiger partial charge in [0.25, 0.3) is 0 Å². The summed E-state index contributed by atoms with van der Waals surface area (Å²) in [5, 5.41) is 0.513. The molecule has 0 unspecified atom stereocenters. The highest BCUT2D eigenvalue weighted by molar-refractivity contribution is 6.30. The number of hydrogen-bond donors (Lipinski definition) is 0. The summed E-state index contributed by atoms with van der Waals surface area (Å²) in [5.41, 5.74) is 2.14. The first-order chi connectivity index (χ1) is 13.1. The molecular weight excluding hydrogens is 362 g/mol. The van der Waals surface area contributed by atoms with Crippen LogP contribution < -0.4 is 9.47 Å². The third-order valence-electron chi connectivity index (χ3n) is 3.66. The minimum atomic E-state index is -0.445. The van der Waals surface area contributed by atoms with Crippen LogP contribution in [0.15, 0.2) is 77.8 Å². The first-order valence-electron chi connectivity index (χ1n) is 8.49. The van der Waals surface area contributed by atoms with Gasteiger partial charge in [-0.05, 0) is 79.2 Å². The van der Waals surface area contributed by atoms with Gasteiger partial charge in [-0.25, -0.2) is 4.79 Å². The van der Waals surface area contributed by atoms with E-state index in [9.17, 15) is 4.79 Å². The van der Waals surface area contributed by atoms with E-state index in [1.807, 2.05) is 31.2 Å². The van der Waals surface area contributed by atoms with Crippen LogP contribution in [-0.4, -0.2) is 18.8 Å². The Labute approximate surface area is 163 Å². The lowest BCUT2D eigenvalue weighted by Crippen LogP contribution is -2.07. The van der Waals surface area contributed by atoms with Crippen molar-refractivity contribution in [2.24, 2.45) is 4.99 Å². The van der Waals surface area contributed by atoms with Crippen LogP contribution in [0.3, 0.4) is 0 Å². The van der Waals surface area contributed by atoms with Crippen LogP contribution >= 0.6 is 11.6 Å². The number of rotatable bonds is 6. The quantitative estimate of drug-likeness (QED) is 0.313. The van der Waals surface area contributed by atoms with Crippen molar-refractivity contribution in [2.45, 2.75) is 6.92 Å². The van der Waals surface area contributed by atoms with Crippen molar-refractivity contribution in [2.75, 3.05) is 6.61 Å². The van der Waals surface area contributed by atoms with Gasteiger partial charge in [-0.1, -0.05) is 17.7 Å². The Balaban J connectivity index is 1.63. The molecule has 0 bridgehead atoms. The molecule has 3 aromatic carbocycles. The Morgan fingerprint density at radius 2 is 1.74 bits per heavy atom. The smallest absolute Gasteiger partial charge is 0.343 e. The fraction of sp³-hybridized carbons (Fsp3) is 0.0909. The minimum absolute atomic E-state index is 0.407. The zero-order valence-corrected chi connectivity index (χ0v) is 15.5. The van der Waals surface area contributed by atoms with Gasteiger partial charge in [0.2, 0.25) is 0 Å². The van der Waals surface area contributed by atoms with E-state index in [0.717, 1.165) is 17.0 Å². The molecule has 0 N–H and O–H groups in total. The molecule has 3 aromatic rings. The Bertz CT molecular complexity index is 935. The monoisotopic (exact) mass is 379 g/mol. The number of benzene rings is 3. The van der Waals surface area contributed by atoms with Gasteiger partial charge in [0.05, 0.1) is 17.9 Å². The molecule has 5 heteroatoms. The second-order valence-electron chi connectivity index (χ2n) is 5.65. The molecule has 0 spiro atoms. The second-order valence-corrected chi connectivity index (χ2v) is 6.09. The molecule has 0 radical (unpaired) electrons. The maximum Gasteiger partial charge on any atom is 0.343 e. The fourth-order valence-electron chi connectivity index (χ4n) is 2.35. The van der Waals surface area contributed by atoms with Gasteiger partial charge in [-0.3, -0.25) is 4.99 Å². The van der Waals surface area contributed by atoms with Gasteiger partial charge in [0.15, 0.2) is 0 Å². The largest absolute Gasteiger partial charge is 0.494 e. The van der Waals surface area contributed by atoms with Crippen molar-refractivity contribution in [1.29, 1.82) is 0 Å². The third kappa shape index (κ3) is 5.43. The summed E-state index contributed by atoms with van der Waals surface area (Å²) in [6.07, 6.45) is 1.76. The molecule has 0 aromatic heterocycles. The summed E-state index contributed by atoms with van der Waals surface area (Å²) >= 11 is 5.89. The predicted molar refractivity (Wildman–Crippen MR) is 108 cm³/mol. The van der Waals surface area contributed by atoms with Gasteiger partial charge in [0.1, 0.15) is 11.5 Å². The number of carbonyl (C=O) groups is 1. The Kier molecular flexibility index (Phi) is 6.23. The topological polar surface area (TPSA) is 47.9 Å². The number of esters is 1. The zero-order chi connectivity index (χ0) is 19.1. The standard InChI is InChI=1S/C22H18ClNO3/c1-2-26-20-12-6-16(7-13-20)15-24-19-10-8-17(9-11-19)22(25)27-21-5-3-4-18(23)14-21/h3-15H,2H2,1H3. The van der Waals surface area contributed by atoms with Crippen molar-refractivity contribution < 1.29 is 14.3 Å². The number of nitrogens with zero attached hydrogens (tertiary/aromatic N) is 1. The molecule has 0 amide bonds. The fourth-order valence-corrected chi connectivity index (χ4v) is 2.53. The molecule has 27 heavy (non-hydrogen) atoms. The van der Waals surface area contributed by atoms with Crippen LogP contribution in [0.5, 0.6) is 11.5 Å². The van der Waals surface area contributed by atoms with E-state index < -0.39 is 5.97 Å². The number of aliphatic imine (C=N–C) groups is 1. The molecular formula is C22H18ClNO3. The van der Waals surface area contributed by atoms with E-state index in [1.165, 1.54) is 0 Å². The van der Waals surface area contributed by atoms with Crippen LogP contribution in [0.25, 0.3) is 0 Å². The molecule has 136 valence electrons. The lowest BCUT2D eigenvalue weighted by Gasteiger charge is -2.05. The summed E-state index contributed by atoms with van der Waals surface area (Å²) in [5.74, 6) is 0.793. The van der Waals surface area contributed by atoms with E-state index in [-0.39, 0.29) is 0 Å². The maximum absolute atomic E-state index is 12.2. The number of halogens is 1. The Morgan fingerprint density at radius 3 is 2.41 bits per heavy atom. The van der Waals surface area contributed by atoms with Gasteiger partial charge < -0.3 is 9.47 Å². The van der Waals surface area contributed by atoms with Crippen molar-refractivity contribution in [3.8, 4) is 11.5 Å². The first-order valence-corrected chi connectivity index (χ1v) is 8.86. The zero-order valence-electron chi connectivity index (χ0n) is 14.8. The molecule has 0 heterocycles. The summed E-state index contributed by atoms with van der Waals surface area (Å²) in [6, 6.07) is 21.3. The predicted octanol–water partition coefficient (Wildman–Crippen LogP) is 5.71. The first kappa shape index (κ1) is 18.7. The highest BCUT2D eigenvalue weighted by Gasteiger charge is 2.08. The van der Waals surface area contributed by atoms with E-state index >= 15 is 0 Å². The van der Waals surface area contributed by atoms with Crippen molar-refractivity contribution >= 4 is 29.5 Å². The lowest BCUT2D eigenvalue weighted by molar-refractivity contribution is 0.0735. The molecule has 0 aliphatic rings. The van der Waals surface area contributed by atoms with E-state index in [1.54, 1.807) is 54.7 Å². The van der Waals surface area contributed by atoms with Crippen molar-refractivity contribution in [3.63, 3.8) is 0 Å². The normalized spacial score (nSPS) is 10.7. The molecule has 4 nitrogen and oxygen atoms in total. The summed E-state index contributed by atoms with van der Waals surface area (Å²) in [7, 11) is 0. The van der Waals surface area contributed by atoms with Crippen molar-refractivity contribution in [3.05, 3.63) is 88.9 Å². The van der Waals surface area contributed by atoms with Gasteiger partial charge in [0, 0.05) is 11.2 Å². The highest BCUT2D eigenvalue weighted by Crippen LogP contribution is 2.20. The van der Waals surface area contributed by atoms with E-state index in [4.69, 9.17) is 21.1 Å². The van der Waals surface area contributed by atoms with Crippen LogP contribution in [0, 0.1) is 0 Å². The number of carbonyl (C=O) groups excluding carboxylic acids is 1. The second kappa shape index (κ2) is 9.01. The van der Waals surface area contributed by atoms with Crippen molar-refractivity contribution in [1.82, 2.24) is 0 Å². The van der Waals surface area contributed by atoms with Crippen LogP contribution in [0.2, 0.25) is 5.02 Å². The third-order valence-corrected chi connectivity index (χ3v) is 3.90. The average molecular weight is 380 g/mol. The van der Waals surface area contributed by atoms with E-state index in [0.29, 0.717) is 22.9 Å². The van der Waals surface area contributed by atoms with Gasteiger partial charge in [-0.15, -0.1) is 0 Å². The van der Waals surface area contributed by atoms with E-state index in [2.05, 4.69) is 4.99 Å². The molecule has 3 rings (SSSR count).